The number of nitrogens with zero attached hydrogens (tertiary/aromatic N) is 5. The summed E-state index contributed by atoms with van der Waals surface area (Å²) in [7, 11) is -3.83. The number of hydrogen-bond acceptors (Lipinski definition) is 7. The molecular formula is C23H19N7O2S. The smallest absolute Gasteiger partial charge is 0.263 e. The lowest BCUT2D eigenvalue weighted by molar-refractivity contribution is 0.601. The Morgan fingerprint density at radius 3 is 2.21 bits per heavy atom. The summed E-state index contributed by atoms with van der Waals surface area (Å²) in [6, 6.07) is 21.0. The van der Waals surface area contributed by atoms with Crippen molar-refractivity contribution in [1.29, 1.82) is 0 Å². The van der Waals surface area contributed by atoms with Crippen LogP contribution in [-0.2, 0) is 16.6 Å². The van der Waals surface area contributed by atoms with Crippen molar-refractivity contribution in [3.63, 3.8) is 0 Å². The van der Waals surface area contributed by atoms with Gasteiger partial charge in [-0.25, -0.2) is 28.1 Å². The predicted octanol–water partition coefficient (Wildman–Crippen LogP) is 3.62. The standard InChI is InChI=1S/C23H19N7O2S/c31-33(32,18-7-2-1-3-8-18)29-23-22(27-19-9-4-5-10-20(19)28-23)25-16-17-11-12-21(24-15-17)30-14-6-13-26-30/h1-15H,16H2,(H,25,27)(H,28,29). The number of benzene rings is 2. The summed E-state index contributed by atoms with van der Waals surface area (Å²) in [5, 5.41) is 7.35. The summed E-state index contributed by atoms with van der Waals surface area (Å²) in [6.45, 7) is 0.374. The topological polar surface area (TPSA) is 115 Å². The molecule has 9 nitrogen and oxygen atoms in total. The van der Waals surface area contributed by atoms with Crippen molar-refractivity contribution >= 4 is 32.7 Å². The highest BCUT2D eigenvalue weighted by atomic mass is 32.2. The van der Waals surface area contributed by atoms with Gasteiger partial charge in [0.15, 0.2) is 17.5 Å². The summed E-state index contributed by atoms with van der Waals surface area (Å²) < 4.78 is 30.0. The number of nitrogens with one attached hydrogen (secondary N) is 2. The molecule has 2 N–H and O–H groups in total. The number of para-hydroxylation sites is 2. The van der Waals surface area contributed by atoms with Crippen LogP contribution in [0.25, 0.3) is 16.9 Å². The average molecular weight is 458 g/mol. The molecule has 5 aromatic rings. The molecule has 0 bridgehead atoms. The molecule has 0 unspecified atom stereocenters. The minimum absolute atomic E-state index is 0.124. The number of anilines is 2. The van der Waals surface area contributed by atoms with E-state index >= 15 is 0 Å². The van der Waals surface area contributed by atoms with Gasteiger partial charge in [0, 0.05) is 25.1 Å². The van der Waals surface area contributed by atoms with Crippen molar-refractivity contribution in [2.24, 2.45) is 0 Å². The van der Waals surface area contributed by atoms with Gasteiger partial charge in [0.05, 0.1) is 15.9 Å². The van der Waals surface area contributed by atoms with Gasteiger partial charge in [-0.05, 0) is 42.0 Å². The number of fused-ring (bicyclic) bond motifs is 1. The number of aromatic nitrogens is 5. The quantitative estimate of drug-likeness (QED) is 0.384. The lowest BCUT2D eigenvalue weighted by Crippen LogP contribution is -2.16. The molecule has 0 aliphatic rings. The van der Waals surface area contributed by atoms with Crippen molar-refractivity contribution in [1.82, 2.24) is 24.7 Å². The fraction of sp³-hybridized carbons (Fsp3) is 0.0435. The first kappa shape index (κ1) is 20.6. The molecule has 0 fully saturated rings. The maximum Gasteiger partial charge on any atom is 0.263 e. The molecule has 0 aliphatic carbocycles. The van der Waals surface area contributed by atoms with Gasteiger partial charge in [-0.15, -0.1) is 0 Å². The first-order chi connectivity index (χ1) is 16.1. The number of hydrogen-bond donors (Lipinski definition) is 2. The van der Waals surface area contributed by atoms with E-state index in [9.17, 15) is 8.42 Å². The lowest BCUT2D eigenvalue weighted by Gasteiger charge is -2.14. The van der Waals surface area contributed by atoms with Crippen molar-refractivity contribution in [3.8, 4) is 5.82 Å². The second-order valence-corrected chi connectivity index (χ2v) is 8.84. The molecule has 3 aromatic heterocycles. The summed E-state index contributed by atoms with van der Waals surface area (Å²) in [6.07, 6.45) is 5.23. The molecular weight excluding hydrogens is 438 g/mol. The molecule has 0 amide bonds. The molecule has 164 valence electrons. The largest absolute Gasteiger partial charge is 0.363 e. The third-order valence-corrected chi connectivity index (χ3v) is 6.22. The molecule has 5 rings (SSSR count). The highest BCUT2D eigenvalue weighted by Crippen LogP contribution is 2.24. The van der Waals surface area contributed by atoms with Crippen LogP contribution in [0.15, 0.2) is 96.3 Å². The zero-order chi connectivity index (χ0) is 22.7. The monoisotopic (exact) mass is 457 g/mol. The van der Waals surface area contributed by atoms with E-state index in [-0.39, 0.29) is 10.7 Å². The molecule has 3 heterocycles. The zero-order valence-corrected chi connectivity index (χ0v) is 18.1. The summed E-state index contributed by atoms with van der Waals surface area (Å²) in [5.41, 5.74) is 2.12. The first-order valence-corrected chi connectivity index (χ1v) is 11.6. The molecule has 0 radical (unpaired) electrons. The normalized spacial score (nSPS) is 11.4. The van der Waals surface area contributed by atoms with Crippen LogP contribution in [0.4, 0.5) is 11.6 Å². The third-order valence-electron chi connectivity index (χ3n) is 4.86. The molecule has 0 atom stereocenters. The van der Waals surface area contributed by atoms with E-state index in [1.165, 1.54) is 12.1 Å². The van der Waals surface area contributed by atoms with Crippen LogP contribution in [0, 0.1) is 0 Å². The first-order valence-electron chi connectivity index (χ1n) is 10.1. The molecule has 33 heavy (non-hydrogen) atoms. The van der Waals surface area contributed by atoms with E-state index < -0.39 is 10.0 Å². The number of sulfonamides is 1. The fourth-order valence-corrected chi connectivity index (χ4v) is 4.26. The van der Waals surface area contributed by atoms with E-state index in [1.54, 1.807) is 41.3 Å². The molecule has 10 heteroatoms. The molecule has 2 aromatic carbocycles. The Morgan fingerprint density at radius 2 is 1.55 bits per heavy atom. The van der Waals surface area contributed by atoms with Gasteiger partial charge in [-0.1, -0.05) is 36.4 Å². The molecule has 0 saturated heterocycles. The molecule has 0 saturated carbocycles. The highest BCUT2D eigenvalue weighted by molar-refractivity contribution is 7.92. The van der Waals surface area contributed by atoms with Gasteiger partial charge >= 0.3 is 0 Å². The van der Waals surface area contributed by atoms with Gasteiger partial charge in [-0.2, -0.15) is 5.10 Å². The number of pyridine rings is 1. The van der Waals surface area contributed by atoms with E-state index in [0.717, 1.165) is 5.56 Å². The van der Waals surface area contributed by atoms with E-state index in [2.05, 4.69) is 30.1 Å². The van der Waals surface area contributed by atoms with Gasteiger partial charge in [0.25, 0.3) is 10.0 Å². The Bertz CT molecular complexity index is 1490. The van der Waals surface area contributed by atoms with Crippen molar-refractivity contribution in [2.75, 3.05) is 10.0 Å². The Hall–Kier alpha value is -4.31. The fourth-order valence-electron chi connectivity index (χ4n) is 3.23. The van der Waals surface area contributed by atoms with Crippen molar-refractivity contribution in [3.05, 3.63) is 97.0 Å². The minimum atomic E-state index is -3.83. The average Bonchev–Trinajstić information content (AvgIpc) is 3.38. The van der Waals surface area contributed by atoms with Crippen LogP contribution in [0.1, 0.15) is 5.56 Å². The SMILES string of the molecule is O=S(=O)(Nc1nc2ccccc2nc1NCc1ccc(-n2cccn2)nc1)c1ccccc1. The van der Waals surface area contributed by atoms with Gasteiger partial charge < -0.3 is 5.32 Å². The number of rotatable bonds is 7. The van der Waals surface area contributed by atoms with Crippen LogP contribution in [0.3, 0.4) is 0 Å². The summed E-state index contributed by atoms with van der Waals surface area (Å²) in [5.74, 6) is 1.15. The Balaban J connectivity index is 1.43. The van der Waals surface area contributed by atoms with Gasteiger partial charge in [0.2, 0.25) is 0 Å². The lowest BCUT2D eigenvalue weighted by atomic mass is 10.2. The van der Waals surface area contributed by atoms with Crippen LogP contribution >= 0.6 is 0 Å². The summed E-state index contributed by atoms with van der Waals surface area (Å²) >= 11 is 0. The van der Waals surface area contributed by atoms with Crippen molar-refractivity contribution in [2.45, 2.75) is 11.4 Å². The van der Waals surface area contributed by atoms with E-state index in [4.69, 9.17) is 0 Å². The minimum Gasteiger partial charge on any atom is -0.363 e. The molecule has 0 spiro atoms. The van der Waals surface area contributed by atoms with Crippen LogP contribution in [0.2, 0.25) is 0 Å². The highest BCUT2D eigenvalue weighted by Gasteiger charge is 2.18. The van der Waals surface area contributed by atoms with Crippen molar-refractivity contribution < 1.29 is 8.42 Å². The predicted molar refractivity (Wildman–Crippen MR) is 125 cm³/mol. The Kier molecular flexibility index (Phi) is 5.41. The maximum absolute atomic E-state index is 12.9. The third kappa shape index (κ3) is 4.51. The van der Waals surface area contributed by atoms with Crippen LogP contribution in [0.5, 0.6) is 0 Å². The van der Waals surface area contributed by atoms with Gasteiger partial charge in [-0.3, -0.25) is 4.72 Å². The second-order valence-electron chi connectivity index (χ2n) is 7.16. The van der Waals surface area contributed by atoms with E-state index in [1.807, 2.05) is 42.6 Å². The maximum atomic E-state index is 12.9. The zero-order valence-electron chi connectivity index (χ0n) is 17.3. The Morgan fingerprint density at radius 1 is 0.818 bits per heavy atom. The van der Waals surface area contributed by atoms with Crippen LogP contribution in [-0.4, -0.2) is 33.2 Å². The second kappa shape index (κ2) is 8.67. The van der Waals surface area contributed by atoms with Crippen LogP contribution < -0.4 is 10.0 Å². The van der Waals surface area contributed by atoms with E-state index in [0.29, 0.717) is 29.2 Å². The Labute approximate surface area is 190 Å². The summed E-state index contributed by atoms with van der Waals surface area (Å²) in [4.78, 5) is 13.7. The van der Waals surface area contributed by atoms with Gasteiger partial charge in [0.1, 0.15) is 0 Å². The molecule has 0 aliphatic heterocycles.